The van der Waals surface area contributed by atoms with Gasteiger partial charge in [0.15, 0.2) is 0 Å². The number of esters is 1. The van der Waals surface area contributed by atoms with Crippen molar-refractivity contribution in [2.45, 2.75) is 27.4 Å². The smallest absolute Gasteiger partial charge is 0.302 e. The predicted octanol–water partition coefficient (Wildman–Crippen LogP) is 3.33. The van der Waals surface area contributed by atoms with E-state index in [1.165, 1.54) is 6.92 Å². The van der Waals surface area contributed by atoms with Crippen LogP contribution in [0.5, 0.6) is 0 Å². The van der Waals surface area contributed by atoms with Crippen molar-refractivity contribution >= 4 is 5.97 Å². The zero-order valence-corrected chi connectivity index (χ0v) is 9.57. The van der Waals surface area contributed by atoms with Crippen LogP contribution in [0.15, 0.2) is 42.5 Å². The zero-order valence-electron chi connectivity index (χ0n) is 9.57. The lowest BCUT2D eigenvalue weighted by molar-refractivity contribution is -0.142. The lowest BCUT2D eigenvalue weighted by Gasteiger charge is -1.99. The Kier molecular flexibility index (Phi) is 8.06. The summed E-state index contributed by atoms with van der Waals surface area (Å²) in [7, 11) is 0. The number of carbonyl (C=O) groups is 1. The van der Waals surface area contributed by atoms with Gasteiger partial charge in [0.2, 0.25) is 0 Å². The van der Waals surface area contributed by atoms with Gasteiger partial charge >= 0.3 is 5.97 Å². The van der Waals surface area contributed by atoms with Crippen molar-refractivity contribution in [1.29, 1.82) is 0 Å². The van der Waals surface area contributed by atoms with Crippen molar-refractivity contribution in [3.05, 3.63) is 48.0 Å². The number of allylic oxidation sites excluding steroid dienone is 2. The molecule has 0 aromatic heterocycles. The molecule has 1 rings (SSSR count). The third kappa shape index (κ3) is 8.75. The van der Waals surface area contributed by atoms with Gasteiger partial charge in [-0.2, -0.15) is 0 Å². The number of carbonyl (C=O) groups excluding carboxylic acids is 1. The van der Waals surface area contributed by atoms with Crippen molar-refractivity contribution in [2.75, 3.05) is 0 Å². The molecule has 15 heavy (non-hydrogen) atoms. The molecule has 0 radical (unpaired) electrons. The maximum Gasteiger partial charge on any atom is 0.302 e. The van der Waals surface area contributed by atoms with Gasteiger partial charge in [-0.25, -0.2) is 0 Å². The van der Waals surface area contributed by atoms with E-state index in [4.69, 9.17) is 4.74 Å². The van der Waals surface area contributed by atoms with Gasteiger partial charge in [-0.3, -0.25) is 4.79 Å². The fourth-order valence-electron chi connectivity index (χ4n) is 0.759. The fourth-order valence-corrected chi connectivity index (χ4v) is 0.759. The summed E-state index contributed by atoms with van der Waals surface area (Å²) in [6.07, 6.45) is 4.00. The third-order valence-electron chi connectivity index (χ3n) is 1.62. The first-order valence-corrected chi connectivity index (χ1v) is 4.95. The van der Waals surface area contributed by atoms with E-state index in [9.17, 15) is 4.79 Å². The second-order valence-corrected chi connectivity index (χ2v) is 2.93. The van der Waals surface area contributed by atoms with Gasteiger partial charge in [-0.15, -0.1) is 0 Å². The van der Waals surface area contributed by atoms with Crippen LogP contribution in [0.1, 0.15) is 26.3 Å². The number of rotatable bonds is 2. The van der Waals surface area contributed by atoms with E-state index >= 15 is 0 Å². The monoisotopic (exact) mass is 206 g/mol. The van der Waals surface area contributed by atoms with Crippen LogP contribution in [-0.2, 0) is 16.1 Å². The van der Waals surface area contributed by atoms with Crippen LogP contribution < -0.4 is 0 Å². The maximum atomic E-state index is 10.4. The lowest BCUT2D eigenvalue weighted by Crippen LogP contribution is -1.97. The molecule has 0 unspecified atom stereocenters. The number of benzene rings is 1. The molecule has 0 amide bonds. The normalized spacial score (nSPS) is 9.27. The highest BCUT2D eigenvalue weighted by Gasteiger charge is 1.93. The van der Waals surface area contributed by atoms with E-state index in [-0.39, 0.29) is 5.97 Å². The SMILES string of the molecule is C/C=C/C.CC(=O)OCc1ccccc1. The average molecular weight is 206 g/mol. The molecular weight excluding hydrogens is 188 g/mol. The molecule has 0 saturated heterocycles. The molecule has 0 aliphatic heterocycles. The Hall–Kier alpha value is -1.57. The minimum absolute atomic E-state index is 0.242. The molecule has 2 nitrogen and oxygen atoms in total. The van der Waals surface area contributed by atoms with Crippen LogP contribution in [0.3, 0.4) is 0 Å². The number of hydrogen-bond donors (Lipinski definition) is 0. The van der Waals surface area contributed by atoms with Crippen molar-refractivity contribution < 1.29 is 9.53 Å². The predicted molar refractivity (Wildman–Crippen MR) is 62.4 cm³/mol. The molecule has 1 aromatic carbocycles. The Morgan fingerprint density at radius 3 is 2.13 bits per heavy atom. The summed E-state index contributed by atoms with van der Waals surface area (Å²) in [6.45, 7) is 5.78. The van der Waals surface area contributed by atoms with Gasteiger partial charge in [0.05, 0.1) is 0 Å². The van der Waals surface area contributed by atoms with E-state index in [1.807, 2.05) is 56.3 Å². The van der Waals surface area contributed by atoms with E-state index < -0.39 is 0 Å². The van der Waals surface area contributed by atoms with E-state index in [1.54, 1.807) is 0 Å². The highest BCUT2D eigenvalue weighted by molar-refractivity contribution is 5.65. The highest BCUT2D eigenvalue weighted by Crippen LogP contribution is 1.99. The van der Waals surface area contributed by atoms with E-state index in [0.29, 0.717) is 6.61 Å². The molecule has 0 spiro atoms. The van der Waals surface area contributed by atoms with Crippen LogP contribution in [0.2, 0.25) is 0 Å². The Labute approximate surface area is 91.6 Å². The van der Waals surface area contributed by atoms with Crippen LogP contribution in [0.25, 0.3) is 0 Å². The summed E-state index contributed by atoms with van der Waals surface area (Å²) in [5, 5.41) is 0. The molecule has 2 heteroatoms. The second-order valence-electron chi connectivity index (χ2n) is 2.93. The quantitative estimate of drug-likeness (QED) is 0.548. The summed E-state index contributed by atoms with van der Waals surface area (Å²) in [6, 6.07) is 9.60. The van der Waals surface area contributed by atoms with Crippen molar-refractivity contribution in [3.63, 3.8) is 0 Å². The molecule has 0 aliphatic rings. The third-order valence-corrected chi connectivity index (χ3v) is 1.62. The Morgan fingerprint density at radius 1 is 1.20 bits per heavy atom. The Morgan fingerprint density at radius 2 is 1.73 bits per heavy atom. The molecule has 0 N–H and O–H groups in total. The van der Waals surface area contributed by atoms with E-state index in [2.05, 4.69) is 0 Å². The minimum atomic E-state index is -0.242. The lowest BCUT2D eigenvalue weighted by atomic mass is 10.2. The Balaban J connectivity index is 0.000000423. The van der Waals surface area contributed by atoms with Crippen LogP contribution in [0, 0.1) is 0 Å². The fraction of sp³-hybridized carbons (Fsp3) is 0.308. The first-order chi connectivity index (χ1) is 7.20. The number of ether oxygens (including phenoxy) is 1. The van der Waals surface area contributed by atoms with Crippen LogP contribution >= 0.6 is 0 Å². The van der Waals surface area contributed by atoms with Gasteiger partial charge in [0.25, 0.3) is 0 Å². The largest absolute Gasteiger partial charge is 0.461 e. The maximum absolute atomic E-state index is 10.4. The zero-order chi connectivity index (χ0) is 11.5. The summed E-state index contributed by atoms with van der Waals surface area (Å²) >= 11 is 0. The van der Waals surface area contributed by atoms with Crippen molar-refractivity contribution in [3.8, 4) is 0 Å². The highest BCUT2D eigenvalue weighted by atomic mass is 16.5. The molecule has 0 heterocycles. The van der Waals surface area contributed by atoms with Gasteiger partial charge in [0, 0.05) is 6.92 Å². The minimum Gasteiger partial charge on any atom is -0.461 e. The van der Waals surface area contributed by atoms with Gasteiger partial charge in [0.1, 0.15) is 6.61 Å². The molecule has 0 aliphatic carbocycles. The van der Waals surface area contributed by atoms with Crippen LogP contribution in [-0.4, -0.2) is 5.97 Å². The molecular formula is C13H18O2. The van der Waals surface area contributed by atoms with Crippen LogP contribution in [0.4, 0.5) is 0 Å². The first-order valence-electron chi connectivity index (χ1n) is 4.95. The number of hydrogen-bond acceptors (Lipinski definition) is 2. The Bertz CT molecular complexity index is 285. The molecule has 1 aromatic rings. The summed E-state index contributed by atoms with van der Waals surface area (Å²) in [5.41, 5.74) is 1.02. The first kappa shape index (κ1) is 13.4. The summed E-state index contributed by atoms with van der Waals surface area (Å²) < 4.78 is 4.79. The molecule has 0 fully saturated rings. The van der Waals surface area contributed by atoms with Gasteiger partial charge in [-0.05, 0) is 19.4 Å². The van der Waals surface area contributed by atoms with Crippen molar-refractivity contribution in [1.82, 2.24) is 0 Å². The molecule has 0 saturated carbocycles. The standard InChI is InChI=1S/C9H10O2.C4H8/c1-8(10)11-7-9-5-3-2-4-6-9;1-3-4-2/h2-6H,7H2,1H3;3-4H,1-2H3/b;4-3+. The molecule has 82 valence electrons. The van der Waals surface area contributed by atoms with Gasteiger partial charge in [-0.1, -0.05) is 42.5 Å². The summed E-state index contributed by atoms with van der Waals surface area (Å²) in [4.78, 5) is 10.4. The topological polar surface area (TPSA) is 26.3 Å². The summed E-state index contributed by atoms with van der Waals surface area (Å²) in [5.74, 6) is -0.242. The molecule has 0 atom stereocenters. The molecule has 0 bridgehead atoms. The van der Waals surface area contributed by atoms with Gasteiger partial charge < -0.3 is 4.74 Å². The van der Waals surface area contributed by atoms with E-state index in [0.717, 1.165) is 5.56 Å². The van der Waals surface area contributed by atoms with Crippen molar-refractivity contribution in [2.24, 2.45) is 0 Å². The average Bonchev–Trinajstić information content (AvgIpc) is 2.28. The second kappa shape index (κ2) is 9.00.